The van der Waals surface area contributed by atoms with Crippen molar-refractivity contribution in [3.05, 3.63) is 59.6 Å². The second kappa shape index (κ2) is 10.3. The minimum Gasteiger partial charge on any atom is -0.491 e. The molecule has 0 spiro atoms. The van der Waals surface area contributed by atoms with E-state index in [1.165, 1.54) is 16.9 Å². The molecule has 1 heterocycles. The molecule has 1 atom stereocenters. The van der Waals surface area contributed by atoms with Crippen molar-refractivity contribution < 1.29 is 9.53 Å². The summed E-state index contributed by atoms with van der Waals surface area (Å²) >= 11 is 1.33. The van der Waals surface area contributed by atoms with Crippen LogP contribution in [-0.2, 0) is 4.79 Å². The number of rotatable bonds is 9. The first kappa shape index (κ1) is 23.9. The van der Waals surface area contributed by atoms with E-state index in [2.05, 4.69) is 65.8 Å². The standard InChI is InChI=1S/C26H33N3O2S/c1-17(2)15-23(26(5,6)24(30)28-25-29-27-16-32-25)21-9-7-19(8-10-21)20-11-13-22(14-12-20)31-18(3)4/h7-14,16-18,23H,15H2,1-6H3,(H,28,29,30). The molecule has 0 saturated carbocycles. The first-order chi connectivity index (χ1) is 15.2. The van der Waals surface area contributed by atoms with Crippen molar-refractivity contribution in [1.29, 1.82) is 0 Å². The minimum absolute atomic E-state index is 0.0373. The fourth-order valence-corrected chi connectivity index (χ4v) is 4.31. The first-order valence-corrected chi connectivity index (χ1v) is 12.0. The van der Waals surface area contributed by atoms with E-state index in [1.807, 2.05) is 39.8 Å². The lowest BCUT2D eigenvalue weighted by molar-refractivity contribution is -0.125. The van der Waals surface area contributed by atoms with Crippen LogP contribution in [0, 0.1) is 11.3 Å². The lowest BCUT2D eigenvalue weighted by Gasteiger charge is -2.34. The lowest BCUT2D eigenvalue weighted by atomic mass is 9.70. The van der Waals surface area contributed by atoms with Crippen LogP contribution in [-0.4, -0.2) is 22.2 Å². The molecule has 3 aromatic rings. The number of nitrogens with one attached hydrogen (secondary N) is 1. The van der Waals surface area contributed by atoms with Crippen LogP contribution in [0.25, 0.3) is 11.1 Å². The maximum Gasteiger partial charge on any atom is 0.232 e. The van der Waals surface area contributed by atoms with Crippen LogP contribution < -0.4 is 10.1 Å². The molecule has 0 radical (unpaired) electrons. The Kier molecular flexibility index (Phi) is 7.67. The maximum absolute atomic E-state index is 13.1. The van der Waals surface area contributed by atoms with Crippen LogP contribution in [0.3, 0.4) is 0 Å². The van der Waals surface area contributed by atoms with E-state index in [-0.39, 0.29) is 17.9 Å². The molecular weight excluding hydrogens is 418 g/mol. The number of ether oxygens (including phenoxy) is 1. The Hall–Kier alpha value is -2.73. The summed E-state index contributed by atoms with van der Waals surface area (Å²) in [6, 6.07) is 16.8. The highest BCUT2D eigenvalue weighted by atomic mass is 32.1. The predicted molar refractivity (Wildman–Crippen MR) is 132 cm³/mol. The molecule has 1 unspecified atom stereocenters. The summed E-state index contributed by atoms with van der Waals surface area (Å²) in [5.41, 5.74) is 4.46. The largest absolute Gasteiger partial charge is 0.491 e. The lowest BCUT2D eigenvalue weighted by Crippen LogP contribution is -2.37. The summed E-state index contributed by atoms with van der Waals surface area (Å²) in [6.45, 7) is 12.5. The van der Waals surface area contributed by atoms with E-state index in [4.69, 9.17) is 4.74 Å². The van der Waals surface area contributed by atoms with Crippen molar-refractivity contribution in [1.82, 2.24) is 10.2 Å². The highest BCUT2D eigenvalue weighted by Crippen LogP contribution is 2.41. The fourth-order valence-electron chi connectivity index (χ4n) is 3.87. The van der Waals surface area contributed by atoms with E-state index in [1.54, 1.807) is 5.51 Å². The van der Waals surface area contributed by atoms with Gasteiger partial charge in [-0.2, -0.15) is 0 Å². The highest BCUT2D eigenvalue weighted by Gasteiger charge is 2.38. The molecule has 0 saturated heterocycles. The van der Waals surface area contributed by atoms with Crippen LogP contribution in [0.5, 0.6) is 5.75 Å². The van der Waals surface area contributed by atoms with Gasteiger partial charge in [0, 0.05) is 0 Å². The van der Waals surface area contributed by atoms with Gasteiger partial charge in [0.1, 0.15) is 11.3 Å². The molecule has 1 aromatic heterocycles. The van der Waals surface area contributed by atoms with E-state index >= 15 is 0 Å². The summed E-state index contributed by atoms with van der Waals surface area (Å²) in [4.78, 5) is 13.1. The summed E-state index contributed by atoms with van der Waals surface area (Å²) in [6.07, 6.45) is 1.07. The number of hydrogen-bond donors (Lipinski definition) is 1. The van der Waals surface area contributed by atoms with Crippen molar-refractivity contribution >= 4 is 22.4 Å². The number of benzene rings is 2. The van der Waals surface area contributed by atoms with Gasteiger partial charge >= 0.3 is 0 Å². The second-order valence-electron chi connectivity index (χ2n) is 9.41. The van der Waals surface area contributed by atoms with Gasteiger partial charge in [0.2, 0.25) is 11.0 Å². The van der Waals surface area contributed by atoms with Crippen LogP contribution in [0.1, 0.15) is 59.4 Å². The zero-order valence-electron chi connectivity index (χ0n) is 19.8. The van der Waals surface area contributed by atoms with Gasteiger partial charge in [-0.25, -0.2) is 0 Å². The van der Waals surface area contributed by atoms with Crippen LogP contribution in [0.15, 0.2) is 54.0 Å². The molecule has 5 nitrogen and oxygen atoms in total. The van der Waals surface area contributed by atoms with Gasteiger partial charge < -0.3 is 10.1 Å². The summed E-state index contributed by atoms with van der Waals surface area (Å²) in [7, 11) is 0. The zero-order chi connectivity index (χ0) is 23.3. The van der Waals surface area contributed by atoms with Crippen molar-refractivity contribution in [3.8, 4) is 16.9 Å². The van der Waals surface area contributed by atoms with Crippen molar-refractivity contribution in [2.24, 2.45) is 11.3 Å². The van der Waals surface area contributed by atoms with E-state index in [0.717, 1.165) is 23.3 Å². The second-order valence-corrected chi connectivity index (χ2v) is 10.2. The average Bonchev–Trinajstić information content (AvgIpc) is 3.25. The van der Waals surface area contributed by atoms with Crippen LogP contribution in [0.2, 0.25) is 0 Å². The molecule has 32 heavy (non-hydrogen) atoms. The monoisotopic (exact) mass is 451 g/mol. The maximum atomic E-state index is 13.1. The smallest absolute Gasteiger partial charge is 0.232 e. The van der Waals surface area contributed by atoms with Gasteiger partial charge in [0.15, 0.2) is 0 Å². The van der Waals surface area contributed by atoms with Crippen molar-refractivity contribution in [2.75, 3.05) is 5.32 Å². The molecule has 0 fully saturated rings. The summed E-state index contributed by atoms with van der Waals surface area (Å²) in [5.74, 6) is 1.37. The Bertz CT molecular complexity index is 995. The molecule has 170 valence electrons. The quantitative estimate of drug-likeness (QED) is 0.389. The third-order valence-electron chi connectivity index (χ3n) is 5.62. The number of hydrogen-bond acceptors (Lipinski definition) is 5. The number of carbonyl (C=O) groups is 1. The third kappa shape index (κ3) is 5.94. The molecule has 0 aliphatic rings. The molecule has 3 rings (SSSR count). The zero-order valence-corrected chi connectivity index (χ0v) is 20.6. The van der Waals surface area contributed by atoms with Crippen molar-refractivity contribution in [2.45, 2.75) is 60.0 Å². The van der Waals surface area contributed by atoms with Crippen LogP contribution >= 0.6 is 11.3 Å². The molecule has 0 bridgehead atoms. The Morgan fingerprint density at radius 1 is 1.00 bits per heavy atom. The molecule has 0 aliphatic carbocycles. The Morgan fingerprint density at radius 2 is 1.59 bits per heavy atom. The van der Waals surface area contributed by atoms with Gasteiger partial charge in [-0.05, 0) is 60.9 Å². The summed E-state index contributed by atoms with van der Waals surface area (Å²) in [5, 5.41) is 11.2. The Labute approximate surface area is 195 Å². The normalized spacial score (nSPS) is 12.8. The molecule has 6 heteroatoms. The molecule has 0 aliphatic heterocycles. The molecular formula is C26H33N3O2S. The van der Waals surface area contributed by atoms with Crippen LogP contribution in [0.4, 0.5) is 5.13 Å². The average molecular weight is 452 g/mol. The summed E-state index contributed by atoms with van der Waals surface area (Å²) < 4.78 is 5.74. The Morgan fingerprint density at radius 3 is 2.09 bits per heavy atom. The SMILES string of the molecule is CC(C)CC(c1ccc(-c2ccc(OC(C)C)cc2)cc1)C(C)(C)C(=O)Nc1nncs1. The predicted octanol–water partition coefficient (Wildman–Crippen LogP) is 6.79. The van der Waals surface area contributed by atoms with E-state index in [0.29, 0.717) is 11.0 Å². The molecule has 1 amide bonds. The fraction of sp³-hybridized carbons (Fsp3) is 0.423. The van der Waals surface area contributed by atoms with Gasteiger partial charge in [0.05, 0.1) is 11.5 Å². The minimum atomic E-state index is -0.604. The molecule has 2 aromatic carbocycles. The topological polar surface area (TPSA) is 64.1 Å². The van der Waals surface area contributed by atoms with Crippen molar-refractivity contribution in [3.63, 3.8) is 0 Å². The van der Waals surface area contributed by atoms with E-state index < -0.39 is 5.41 Å². The highest BCUT2D eigenvalue weighted by molar-refractivity contribution is 7.13. The van der Waals surface area contributed by atoms with Gasteiger partial charge in [-0.15, -0.1) is 10.2 Å². The number of anilines is 1. The van der Waals surface area contributed by atoms with Gasteiger partial charge in [0.25, 0.3) is 0 Å². The number of amides is 1. The van der Waals surface area contributed by atoms with E-state index in [9.17, 15) is 4.79 Å². The third-order valence-corrected chi connectivity index (χ3v) is 6.22. The first-order valence-electron chi connectivity index (χ1n) is 11.1. The van der Waals surface area contributed by atoms with Gasteiger partial charge in [-0.3, -0.25) is 4.79 Å². The number of aromatic nitrogens is 2. The number of nitrogens with zero attached hydrogens (tertiary/aromatic N) is 2. The Balaban J connectivity index is 1.82. The number of carbonyl (C=O) groups excluding carboxylic acids is 1. The van der Waals surface area contributed by atoms with Gasteiger partial charge in [-0.1, -0.05) is 75.4 Å². The molecule has 1 N–H and O–H groups in total.